The van der Waals surface area contributed by atoms with Gasteiger partial charge in [0.2, 0.25) is 59.1 Å². The van der Waals surface area contributed by atoms with Crippen LogP contribution in [0.1, 0.15) is 92.7 Å². The van der Waals surface area contributed by atoms with E-state index in [1.807, 2.05) is 91.0 Å². The highest BCUT2D eigenvalue weighted by Gasteiger charge is 2.41. The van der Waals surface area contributed by atoms with Crippen LogP contribution in [-0.4, -0.2) is 161 Å². The predicted octanol–water partition coefficient (Wildman–Crippen LogP) is 5.42. The van der Waals surface area contributed by atoms with E-state index in [4.69, 9.17) is 37.3 Å². The summed E-state index contributed by atoms with van der Waals surface area (Å²) in [6.07, 6.45) is -3.61. The SMILES string of the molecule is CC[C@H](C)[C@H](NC(=O)[C@H](Cc1ccc(OCc2ccccc2)cc1)NC(=O)[C@H](O)CSCc1ccccc1)C(=O)N[C@H](C(=O)N[C@@H](CC(N)=O)C(=O)N[C@@H](CSCc1ccccc1)C(=O)N1CCC[C@H]1C(=O)N[C@@H](CCCNC(=O)OCc1ccccc1Cl)C(=O)NCC(N)=O)[C@@H](C)OCc1ccccc1. The maximum absolute atomic E-state index is 15.1. The molecule has 0 bridgehead atoms. The second-order valence-corrected chi connectivity index (χ2v) is 28.0. The van der Waals surface area contributed by atoms with E-state index in [0.29, 0.717) is 58.4 Å². The molecule has 1 aliphatic heterocycles. The molecule has 0 aromatic heterocycles. The number of ether oxygens (including phenoxy) is 3. The number of halogens is 1. The van der Waals surface area contributed by atoms with Crippen molar-refractivity contribution in [2.24, 2.45) is 17.4 Å². The van der Waals surface area contributed by atoms with Crippen LogP contribution in [0.15, 0.2) is 170 Å². The molecule has 26 nitrogen and oxygen atoms in total. The lowest BCUT2D eigenvalue weighted by Crippen LogP contribution is -2.63. The molecule has 0 aliphatic carbocycles. The highest BCUT2D eigenvalue weighted by atomic mass is 35.5. The zero-order chi connectivity index (χ0) is 76.3. The van der Waals surface area contributed by atoms with E-state index in [0.717, 1.165) is 16.7 Å². The first-order chi connectivity index (χ1) is 51.0. The van der Waals surface area contributed by atoms with Crippen LogP contribution in [0.5, 0.6) is 5.75 Å². The van der Waals surface area contributed by atoms with Gasteiger partial charge in [-0.1, -0.05) is 184 Å². The lowest BCUT2D eigenvalue weighted by Gasteiger charge is -2.32. The van der Waals surface area contributed by atoms with Crippen LogP contribution in [-0.2, 0) is 95.2 Å². The fourth-order valence-electron chi connectivity index (χ4n) is 11.2. The molecule has 0 radical (unpaired) electrons. The minimum Gasteiger partial charge on any atom is -0.489 e. The first kappa shape index (κ1) is 83.3. The summed E-state index contributed by atoms with van der Waals surface area (Å²) in [6.45, 7) is 4.56. The van der Waals surface area contributed by atoms with Crippen LogP contribution in [0.3, 0.4) is 0 Å². The molecule has 6 aromatic carbocycles. The minimum atomic E-state index is -1.80. The lowest BCUT2D eigenvalue weighted by atomic mass is 9.96. The highest BCUT2D eigenvalue weighted by molar-refractivity contribution is 7.98. The molecule has 13 N–H and O–H groups in total. The Labute approximate surface area is 630 Å². The Morgan fingerprint density at radius 3 is 1.71 bits per heavy atom. The Hall–Kier alpha value is -10.0. The third kappa shape index (κ3) is 28.1. The standard InChI is InChI=1S/C77H94ClN11O15S2/c1-4-49(2)67(87-71(95)60(84-73(97)64(90)48-106-46-55-27-15-8-16-28-55)39-51-33-35-57(36-34-51)103-43-53-23-11-6-12-24-53)74(98)88-68(50(3)102-42-52-21-9-5-10-22-52)75(99)85-61(40-65(79)91)70(94)86-62(47-105-45-54-25-13-7-14-26-54)76(100)89-38-20-32-63(89)72(96)83-59(69(93)82-41-66(80)92)31-19-37-81-77(101)104-44-56-29-17-18-30-58(56)78/h5-18,21-30,33-36,49-50,59-64,67-68,90H,4,19-20,31-32,37-48H2,1-3H3,(H2,79,91)(H2,80,92)(H,81,101)(H,82,93)(H,83,96)(H,84,97)(H,85,99)(H,86,94)(H,87,95)(H,88,98)/t49-,50+,59-,60-,61-,62-,63-,64+,67-,68-/m0/s1. The number of nitrogens with two attached hydrogens (primary N) is 2. The predicted molar refractivity (Wildman–Crippen MR) is 403 cm³/mol. The molecular formula is C77H94ClN11O15S2. The summed E-state index contributed by atoms with van der Waals surface area (Å²) in [7, 11) is 0. The van der Waals surface area contributed by atoms with Crippen molar-refractivity contribution >= 4 is 100 Å². The van der Waals surface area contributed by atoms with Crippen LogP contribution in [0.2, 0.25) is 5.02 Å². The molecule has 0 spiro atoms. The van der Waals surface area contributed by atoms with Gasteiger partial charge in [0, 0.05) is 53.1 Å². The molecule has 566 valence electrons. The molecule has 0 saturated carbocycles. The van der Waals surface area contributed by atoms with Crippen molar-refractivity contribution in [1.29, 1.82) is 0 Å². The monoisotopic (exact) mass is 1510 g/mol. The maximum atomic E-state index is 15.1. The van der Waals surface area contributed by atoms with Gasteiger partial charge in [-0.15, -0.1) is 0 Å². The summed E-state index contributed by atoms with van der Waals surface area (Å²) in [5, 5.41) is 32.8. The number of hydrogen-bond acceptors (Lipinski definition) is 17. The van der Waals surface area contributed by atoms with Crippen molar-refractivity contribution in [2.45, 2.75) is 152 Å². The van der Waals surface area contributed by atoms with Crippen LogP contribution in [0.25, 0.3) is 0 Å². The van der Waals surface area contributed by atoms with Crippen molar-refractivity contribution in [3.8, 4) is 5.75 Å². The largest absolute Gasteiger partial charge is 0.489 e. The number of carbonyl (C=O) groups is 11. The molecule has 10 atom stereocenters. The van der Waals surface area contributed by atoms with Crippen LogP contribution >= 0.6 is 35.1 Å². The first-order valence-corrected chi connectivity index (χ1v) is 37.7. The third-order valence-corrected chi connectivity index (χ3v) is 19.9. The van der Waals surface area contributed by atoms with Crippen LogP contribution in [0, 0.1) is 5.92 Å². The van der Waals surface area contributed by atoms with Gasteiger partial charge in [0.1, 0.15) is 67.4 Å². The van der Waals surface area contributed by atoms with Crippen LogP contribution in [0.4, 0.5) is 4.79 Å². The summed E-state index contributed by atoms with van der Waals surface area (Å²) in [5.41, 5.74) is 15.8. The normalized spacial score (nSPS) is 15.0. The number of rotatable bonds is 43. The number of aliphatic hydroxyl groups excluding tert-OH is 1. The quantitative estimate of drug-likeness (QED) is 0.0213. The van der Waals surface area contributed by atoms with Gasteiger partial charge >= 0.3 is 6.09 Å². The Balaban J connectivity index is 1.09. The van der Waals surface area contributed by atoms with Gasteiger partial charge in [0.25, 0.3) is 0 Å². The molecule has 6 aromatic rings. The average Bonchev–Trinajstić information content (AvgIpc) is 1.41. The second kappa shape index (κ2) is 44.1. The van der Waals surface area contributed by atoms with E-state index in [1.165, 1.54) is 35.3 Å². The molecular weight excluding hydrogens is 1420 g/mol. The summed E-state index contributed by atoms with van der Waals surface area (Å²) in [5.74, 6) is -8.10. The minimum absolute atomic E-state index is 0.00255. The zero-order valence-corrected chi connectivity index (χ0v) is 61.8. The Morgan fingerprint density at radius 1 is 0.557 bits per heavy atom. The zero-order valence-electron chi connectivity index (χ0n) is 59.4. The Kier molecular flexibility index (Phi) is 34.6. The molecule has 106 heavy (non-hydrogen) atoms. The van der Waals surface area contributed by atoms with Gasteiger partial charge < -0.3 is 78.2 Å². The van der Waals surface area contributed by atoms with Crippen molar-refractivity contribution in [3.05, 3.63) is 208 Å². The van der Waals surface area contributed by atoms with Gasteiger partial charge in [0.05, 0.1) is 25.7 Å². The molecule has 1 fully saturated rings. The van der Waals surface area contributed by atoms with E-state index < -0.39 is 139 Å². The third-order valence-electron chi connectivity index (χ3n) is 17.3. The Morgan fingerprint density at radius 2 is 1.10 bits per heavy atom. The number of primary amides is 2. The number of amides is 11. The summed E-state index contributed by atoms with van der Waals surface area (Å²) < 4.78 is 17.5. The molecule has 1 aliphatic rings. The van der Waals surface area contributed by atoms with Crippen molar-refractivity contribution in [3.63, 3.8) is 0 Å². The number of aliphatic hydroxyl groups is 1. The first-order valence-electron chi connectivity index (χ1n) is 35.0. The van der Waals surface area contributed by atoms with Crippen molar-refractivity contribution in [2.75, 3.05) is 31.1 Å². The van der Waals surface area contributed by atoms with E-state index >= 15 is 14.4 Å². The number of nitrogens with one attached hydrogen (secondary N) is 8. The van der Waals surface area contributed by atoms with Gasteiger partial charge in [-0.05, 0) is 84.5 Å². The smallest absolute Gasteiger partial charge is 0.407 e. The van der Waals surface area contributed by atoms with E-state index in [1.54, 1.807) is 92.7 Å². The van der Waals surface area contributed by atoms with Gasteiger partial charge in [-0.3, -0.25) is 47.9 Å². The average molecular weight is 1510 g/mol. The molecule has 7 rings (SSSR count). The molecule has 11 amide bonds. The summed E-state index contributed by atoms with van der Waals surface area (Å²) in [6, 6.07) is 40.7. The molecule has 29 heteroatoms. The molecule has 0 unspecified atom stereocenters. The van der Waals surface area contributed by atoms with E-state index in [2.05, 4.69) is 42.5 Å². The fraction of sp³-hybridized carbons (Fsp3) is 0.390. The molecule has 1 saturated heterocycles. The number of likely N-dealkylation sites (tertiary alicyclic amines) is 1. The number of thioether (sulfide) groups is 2. The van der Waals surface area contributed by atoms with E-state index in [-0.39, 0.29) is 63.5 Å². The van der Waals surface area contributed by atoms with Gasteiger partial charge in [-0.25, -0.2) is 4.79 Å². The highest BCUT2D eigenvalue weighted by Crippen LogP contribution is 2.24. The summed E-state index contributed by atoms with van der Waals surface area (Å²) >= 11 is 8.78. The van der Waals surface area contributed by atoms with Gasteiger partial charge in [0.15, 0.2) is 0 Å². The van der Waals surface area contributed by atoms with E-state index in [9.17, 15) is 43.5 Å². The number of carbonyl (C=O) groups excluding carboxylic acids is 11. The number of hydrogen-bond donors (Lipinski definition) is 11. The molecule has 1 heterocycles. The van der Waals surface area contributed by atoms with Crippen molar-refractivity contribution < 1.29 is 72.1 Å². The number of benzene rings is 6. The summed E-state index contributed by atoms with van der Waals surface area (Å²) in [4.78, 5) is 155. The lowest BCUT2D eigenvalue weighted by molar-refractivity contribution is -0.142. The fourth-order valence-corrected chi connectivity index (χ4v) is 13.4. The number of alkyl carbamates (subject to hydrolysis) is 1. The maximum Gasteiger partial charge on any atom is 0.407 e. The van der Waals surface area contributed by atoms with Gasteiger partial charge in [-0.2, -0.15) is 23.5 Å². The number of nitrogens with zero attached hydrogens (tertiary/aromatic N) is 1. The van der Waals surface area contributed by atoms with Crippen LogP contribution < -0.4 is 58.7 Å². The topological polar surface area (TPSA) is 387 Å². The van der Waals surface area contributed by atoms with Crippen molar-refractivity contribution in [1.82, 2.24) is 47.4 Å². The Bertz CT molecular complexity index is 3860. The second-order valence-electron chi connectivity index (χ2n) is 25.5.